The molecule has 1 N–H and O–H groups in total. The van der Waals surface area contributed by atoms with Crippen molar-refractivity contribution >= 4 is 23.4 Å². The van der Waals surface area contributed by atoms with E-state index in [1.54, 1.807) is 0 Å². The average molecular weight is 373 g/mol. The second-order valence-corrected chi connectivity index (χ2v) is 7.47. The Morgan fingerprint density at radius 2 is 1.92 bits per heavy atom. The molecule has 2 rings (SSSR count). The summed E-state index contributed by atoms with van der Waals surface area (Å²) in [5.74, 6) is 0.493. The SMILES string of the molecule is CC(C)Cc1ccc([C@H](C)NC(=O)CSc2ncccc2[N+](=O)[O-])cc1. The molecular formula is C19H23N3O3S. The van der Waals surface area contributed by atoms with E-state index in [4.69, 9.17) is 0 Å². The number of nitrogens with one attached hydrogen (secondary N) is 1. The lowest BCUT2D eigenvalue weighted by Crippen LogP contribution is -2.28. The van der Waals surface area contributed by atoms with E-state index in [9.17, 15) is 14.9 Å². The Morgan fingerprint density at radius 3 is 2.54 bits per heavy atom. The topological polar surface area (TPSA) is 85.1 Å². The number of pyridine rings is 1. The maximum absolute atomic E-state index is 12.2. The van der Waals surface area contributed by atoms with E-state index < -0.39 is 4.92 Å². The number of rotatable bonds is 8. The van der Waals surface area contributed by atoms with Crippen LogP contribution in [0, 0.1) is 16.0 Å². The third kappa shape index (κ3) is 5.84. The summed E-state index contributed by atoms with van der Waals surface area (Å²) >= 11 is 1.07. The fraction of sp³-hybridized carbons (Fsp3) is 0.368. The molecule has 0 radical (unpaired) electrons. The summed E-state index contributed by atoms with van der Waals surface area (Å²) in [6.45, 7) is 6.28. The summed E-state index contributed by atoms with van der Waals surface area (Å²) in [6.07, 6.45) is 2.51. The standard InChI is InChI=1S/C19H23N3O3S/c1-13(2)11-15-6-8-16(9-7-15)14(3)21-18(23)12-26-19-17(22(24)25)5-4-10-20-19/h4-10,13-14H,11-12H2,1-3H3,(H,21,23)/t14-/m0/s1. The molecular weight excluding hydrogens is 350 g/mol. The van der Waals surface area contributed by atoms with Crippen LogP contribution in [0.2, 0.25) is 0 Å². The van der Waals surface area contributed by atoms with Gasteiger partial charge in [-0.05, 0) is 36.5 Å². The van der Waals surface area contributed by atoms with Crippen LogP contribution in [0.1, 0.15) is 37.9 Å². The molecule has 1 aromatic carbocycles. The molecule has 7 heteroatoms. The molecule has 1 atom stereocenters. The van der Waals surface area contributed by atoms with Crippen molar-refractivity contribution in [2.24, 2.45) is 5.92 Å². The van der Waals surface area contributed by atoms with Gasteiger partial charge in [0.1, 0.15) is 0 Å². The molecule has 0 saturated heterocycles. The van der Waals surface area contributed by atoms with Gasteiger partial charge in [0.25, 0.3) is 0 Å². The Kier molecular flexibility index (Phi) is 7.15. The molecule has 26 heavy (non-hydrogen) atoms. The van der Waals surface area contributed by atoms with Crippen molar-refractivity contribution < 1.29 is 9.72 Å². The fourth-order valence-electron chi connectivity index (χ4n) is 2.55. The van der Waals surface area contributed by atoms with E-state index in [-0.39, 0.29) is 28.4 Å². The third-order valence-corrected chi connectivity index (χ3v) is 4.78. The van der Waals surface area contributed by atoms with Gasteiger partial charge in [0.2, 0.25) is 5.91 Å². The van der Waals surface area contributed by atoms with Crippen molar-refractivity contribution in [2.75, 3.05) is 5.75 Å². The van der Waals surface area contributed by atoms with E-state index >= 15 is 0 Å². The number of benzene rings is 1. The van der Waals surface area contributed by atoms with Crippen LogP contribution in [0.15, 0.2) is 47.6 Å². The lowest BCUT2D eigenvalue weighted by molar-refractivity contribution is -0.388. The van der Waals surface area contributed by atoms with Crippen LogP contribution < -0.4 is 5.32 Å². The highest BCUT2D eigenvalue weighted by atomic mass is 32.2. The summed E-state index contributed by atoms with van der Waals surface area (Å²) in [7, 11) is 0. The monoisotopic (exact) mass is 373 g/mol. The first-order chi connectivity index (χ1) is 12.4. The van der Waals surface area contributed by atoms with Gasteiger partial charge in [-0.15, -0.1) is 0 Å². The lowest BCUT2D eigenvalue weighted by atomic mass is 10.00. The van der Waals surface area contributed by atoms with Crippen molar-refractivity contribution in [2.45, 2.75) is 38.3 Å². The van der Waals surface area contributed by atoms with Gasteiger partial charge < -0.3 is 5.32 Å². The van der Waals surface area contributed by atoms with Crippen LogP contribution in [0.5, 0.6) is 0 Å². The zero-order chi connectivity index (χ0) is 19.1. The normalized spacial score (nSPS) is 12.0. The van der Waals surface area contributed by atoms with Gasteiger partial charge in [-0.1, -0.05) is 49.9 Å². The Labute approximate surface area is 157 Å². The minimum Gasteiger partial charge on any atom is -0.349 e. The number of carbonyl (C=O) groups excluding carboxylic acids is 1. The molecule has 0 unspecified atom stereocenters. The number of nitrogens with zero attached hydrogens (tertiary/aromatic N) is 2. The first-order valence-electron chi connectivity index (χ1n) is 8.47. The zero-order valence-electron chi connectivity index (χ0n) is 15.1. The Bertz CT molecular complexity index is 763. The number of thioether (sulfide) groups is 1. The minimum atomic E-state index is -0.491. The number of hydrogen-bond acceptors (Lipinski definition) is 5. The van der Waals surface area contributed by atoms with Gasteiger partial charge in [-0.25, -0.2) is 4.98 Å². The zero-order valence-corrected chi connectivity index (χ0v) is 16.0. The first kappa shape index (κ1) is 19.9. The largest absolute Gasteiger partial charge is 0.349 e. The molecule has 0 saturated carbocycles. The molecule has 0 aliphatic carbocycles. The predicted octanol–water partition coefficient (Wildman–Crippen LogP) is 4.16. The van der Waals surface area contributed by atoms with E-state index in [0.717, 1.165) is 23.7 Å². The highest BCUT2D eigenvalue weighted by Gasteiger charge is 2.17. The average Bonchev–Trinajstić information content (AvgIpc) is 2.60. The van der Waals surface area contributed by atoms with E-state index in [0.29, 0.717) is 5.92 Å². The molecule has 138 valence electrons. The van der Waals surface area contributed by atoms with Crippen molar-refractivity contribution in [3.05, 3.63) is 63.8 Å². The summed E-state index contributed by atoms with van der Waals surface area (Å²) in [5, 5.41) is 14.1. The number of amides is 1. The Morgan fingerprint density at radius 1 is 1.23 bits per heavy atom. The molecule has 0 aliphatic heterocycles. The Hall–Kier alpha value is -2.41. The highest BCUT2D eigenvalue weighted by Crippen LogP contribution is 2.26. The van der Waals surface area contributed by atoms with Gasteiger partial charge in [-0.2, -0.15) is 0 Å². The number of carbonyl (C=O) groups is 1. The van der Waals surface area contributed by atoms with Gasteiger partial charge in [0.15, 0.2) is 5.03 Å². The molecule has 2 aromatic rings. The van der Waals surface area contributed by atoms with Crippen molar-refractivity contribution in [3.8, 4) is 0 Å². The number of hydrogen-bond donors (Lipinski definition) is 1. The van der Waals surface area contributed by atoms with Crippen molar-refractivity contribution in [3.63, 3.8) is 0 Å². The molecule has 1 aromatic heterocycles. The maximum atomic E-state index is 12.2. The van der Waals surface area contributed by atoms with Crippen LogP contribution in [0.4, 0.5) is 5.69 Å². The number of aromatic nitrogens is 1. The second-order valence-electron chi connectivity index (χ2n) is 6.50. The summed E-state index contributed by atoms with van der Waals surface area (Å²) in [5.41, 5.74) is 2.22. The van der Waals surface area contributed by atoms with Crippen LogP contribution in [-0.2, 0) is 11.2 Å². The van der Waals surface area contributed by atoms with Crippen LogP contribution in [-0.4, -0.2) is 21.6 Å². The molecule has 0 bridgehead atoms. The molecule has 0 fully saturated rings. The van der Waals surface area contributed by atoms with Crippen LogP contribution in [0.3, 0.4) is 0 Å². The summed E-state index contributed by atoms with van der Waals surface area (Å²) < 4.78 is 0. The fourth-order valence-corrected chi connectivity index (χ4v) is 3.32. The van der Waals surface area contributed by atoms with Crippen LogP contribution in [0.25, 0.3) is 0 Å². The molecule has 1 amide bonds. The lowest BCUT2D eigenvalue weighted by Gasteiger charge is -2.15. The highest BCUT2D eigenvalue weighted by molar-refractivity contribution is 8.00. The first-order valence-corrected chi connectivity index (χ1v) is 9.45. The van der Waals surface area contributed by atoms with E-state index in [1.807, 2.05) is 19.1 Å². The number of nitro groups is 1. The van der Waals surface area contributed by atoms with Crippen molar-refractivity contribution in [1.82, 2.24) is 10.3 Å². The Balaban J connectivity index is 1.90. The second kappa shape index (κ2) is 9.33. The predicted molar refractivity (Wildman–Crippen MR) is 103 cm³/mol. The van der Waals surface area contributed by atoms with E-state index in [2.05, 4.69) is 36.3 Å². The maximum Gasteiger partial charge on any atom is 0.301 e. The molecule has 6 nitrogen and oxygen atoms in total. The molecule has 0 aliphatic rings. The quantitative estimate of drug-likeness (QED) is 0.427. The van der Waals surface area contributed by atoms with E-state index in [1.165, 1.54) is 23.9 Å². The minimum absolute atomic E-state index is 0.0770. The van der Waals surface area contributed by atoms with Crippen LogP contribution >= 0.6 is 11.8 Å². The van der Waals surface area contributed by atoms with Gasteiger partial charge in [0, 0.05) is 12.3 Å². The molecule has 0 spiro atoms. The third-order valence-electron chi connectivity index (χ3n) is 3.79. The van der Waals surface area contributed by atoms with Gasteiger partial charge >= 0.3 is 5.69 Å². The van der Waals surface area contributed by atoms with Gasteiger partial charge in [0.05, 0.1) is 16.7 Å². The molecule has 1 heterocycles. The van der Waals surface area contributed by atoms with Crippen molar-refractivity contribution in [1.29, 1.82) is 0 Å². The summed E-state index contributed by atoms with van der Waals surface area (Å²) in [6, 6.07) is 11.0. The van der Waals surface area contributed by atoms with Gasteiger partial charge in [-0.3, -0.25) is 14.9 Å². The summed E-state index contributed by atoms with van der Waals surface area (Å²) in [4.78, 5) is 26.6. The smallest absolute Gasteiger partial charge is 0.301 e.